The van der Waals surface area contributed by atoms with Crippen LogP contribution in [0, 0.1) is 19.8 Å². The number of carbonyl (C=O) groups is 2. The van der Waals surface area contributed by atoms with Gasteiger partial charge in [-0.15, -0.1) is 0 Å². The van der Waals surface area contributed by atoms with Crippen molar-refractivity contribution in [2.75, 3.05) is 19.1 Å². The molecule has 1 saturated heterocycles. The quantitative estimate of drug-likeness (QED) is 0.163. The molecule has 306 valence electrons. The van der Waals surface area contributed by atoms with Crippen LogP contribution in [0.15, 0.2) is 105 Å². The van der Waals surface area contributed by atoms with Crippen LogP contribution in [-0.4, -0.2) is 54.6 Å². The maximum atomic E-state index is 15.5. The zero-order valence-electron chi connectivity index (χ0n) is 33.5. The van der Waals surface area contributed by atoms with Gasteiger partial charge in [0, 0.05) is 43.1 Å². The number of carbonyl (C=O) groups excluding carboxylic acids is 2. The van der Waals surface area contributed by atoms with Crippen LogP contribution in [0.2, 0.25) is 5.02 Å². The third kappa shape index (κ3) is 5.53. The number of fused-ring (bicyclic) bond motifs is 5. The first-order valence-electron chi connectivity index (χ1n) is 19.5. The molecule has 15 heteroatoms. The monoisotopic (exact) mass is 828 g/mol. The minimum atomic E-state index is -1.48. The van der Waals surface area contributed by atoms with Gasteiger partial charge < -0.3 is 19.1 Å². The number of halogens is 1. The lowest BCUT2D eigenvalue weighted by molar-refractivity contribution is -0.124. The molecule has 9 rings (SSSR count). The molecule has 2 fully saturated rings. The molecule has 4 heterocycles. The van der Waals surface area contributed by atoms with Crippen molar-refractivity contribution >= 4 is 40.1 Å². The molecule has 0 radical (unpaired) electrons. The molecule has 14 nitrogen and oxygen atoms in total. The van der Waals surface area contributed by atoms with Crippen LogP contribution in [0.3, 0.4) is 0 Å². The van der Waals surface area contributed by atoms with E-state index in [1.807, 2.05) is 48.5 Å². The van der Waals surface area contributed by atoms with E-state index >= 15 is 9.59 Å². The number of hydrogen-bond donors (Lipinski definition) is 1. The lowest BCUT2D eigenvalue weighted by Gasteiger charge is -2.49. The molecule has 6 aromatic rings. The smallest absolute Gasteiger partial charge is 0.347 e. The lowest BCUT2D eigenvalue weighted by atomic mass is 9.53. The molecule has 4 atom stereocenters. The highest BCUT2D eigenvalue weighted by molar-refractivity contribution is 6.32. The van der Waals surface area contributed by atoms with Gasteiger partial charge in [0.2, 0.25) is 11.8 Å². The highest BCUT2D eigenvalue weighted by Gasteiger charge is 2.68. The number of amides is 2. The van der Waals surface area contributed by atoms with Crippen molar-refractivity contribution in [2.45, 2.75) is 57.2 Å². The van der Waals surface area contributed by atoms with E-state index in [0.29, 0.717) is 61.1 Å². The van der Waals surface area contributed by atoms with Crippen molar-refractivity contribution < 1.29 is 24.2 Å². The van der Waals surface area contributed by atoms with Crippen molar-refractivity contribution in [1.29, 1.82) is 0 Å². The fourth-order valence-electron chi connectivity index (χ4n) is 9.87. The number of nitrogens with zero attached hydrogens (tertiary/aromatic N) is 6. The van der Waals surface area contributed by atoms with Crippen LogP contribution in [0.1, 0.15) is 46.3 Å². The predicted octanol–water partition coefficient (Wildman–Crippen LogP) is 5.09. The number of phenols is 1. The molecule has 2 aliphatic heterocycles. The number of methoxy groups -OCH3 is 2. The first kappa shape index (κ1) is 38.8. The summed E-state index contributed by atoms with van der Waals surface area (Å²) in [5.74, 6) is -1.72. The molecule has 4 aromatic carbocycles. The Balaban J connectivity index is 1.19. The normalized spacial score (nSPS) is 20.8. The third-order valence-electron chi connectivity index (χ3n) is 12.6. The number of phenolic OH excluding ortho intramolecular Hbond substituents is 1. The van der Waals surface area contributed by atoms with E-state index in [1.165, 1.54) is 33.1 Å². The summed E-state index contributed by atoms with van der Waals surface area (Å²) < 4.78 is 16.2. The number of aryl methyl sites for hydroxylation is 4. The van der Waals surface area contributed by atoms with E-state index in [2.05, 4.69) is 4.98 Å². The average molecular weight is 829 g/mol. The summed E-state index contributed by atoms with van der Waals surface area (Å²) in [5, 5.41) is 11.3. The minimum absolute atomic E-state index is 0.00670. The summed E-state index contributed by atoms with van der Waals surface area (Å²) in [7, 11) is 4.61. The van der Waals surface area contributed by atoms with Gasteiger partial charge in [-0.05, 0) is 66.3 Å². The Morgan fingerprint density at radius 2 is 1.58 bits per heavy atom. The van der Waals surface area contributed by atoms with E-state index in [1.54, 1.807) is 57.3 Å². The van der Waals surface area contributed by atoms with Gasteiger partial charge in [-0.25, -0.2) is 33.4 Å². The first-order chi connectivity index (χ1) is 28.8. The van der Waals surface area contributed by atoms with Crippen LogP contribution in [0.25, 0.3) is 11.0 Å². The maximum absolute atomic E-state index is 15.5. The number of aromatic hydroxyl groups is 1. The summed E-state index contributed by atoms with van der Waals surface area (Å²) in [6.45, 7) is 3.42. The Morgan fingerprint density at radius 1 is 0.883 bits per heavy atom. The Labute approximate surface area is 348 Å². The zero-order valence-corrected chi connectivity index (χ0v) is 34.3. The zero-order chi connectivity index (χ0) is 42.4. The number of aromatic nitrogens is 5. The number of anilines is 1. The molecule has 0 bridgehead atoms. The molecule has 2 amide bonds. The molecular weight excluding hydrogens is 788 g/mol. The highest BCUT2D eigenvalue weighted by Crippen LogP contribution is 2.62. The second kappa shape index (κ2) is 14.3. The fourth-order valence-corrected chi connectivity index (χ4v) is 10.1. The molecule has 2 aromatic heterocycles. The van der Waals surface area contributed by atoms with E-state index in [4.69, 9.17) is 21.1 Å². The summed E-state index contributed by atoms with van der Waals surface area (Å²) in [5.41, 5.74) is 1.54. The predicted molar refractivity (Wildman–Crippen MR) is 224 cm³/mol. The topological polar surface area (TPSA) is 160 Å². The van der Waals surface area contributed by atoms with Gasteiger partial charge >= 0.3 is 11.4 Å². The Kier molecular flexibility index (Phi) is 9.23. The largest absolute Gasteiger partial charge is 0.507 e. The van der Waals surface area contributed by atoms with Gasteiger partial charge in [0.25, 0.3) is 5.56 Å². The van der Waals surface area contributed by atoms with Gasteiger partial charge in [0.15, 0.2) is 11.5 Å². The van der Waals surface area contributed by atoms with Gasteiger partial charge in [-0.1, -0.05) is 66.2 Å². The first-order valence-corrected chi connectivity index (χ1v) is 19.9. The fraction of sp³-hybridized carbons (Fsp3) is 0.289. The number of rotatable bonds is 8. The minimum Gasteiger partial charge on any atom is -0.507 e. The number of ether oxygens (including phenoxy) is 2. The summed E-state index contributed by atoms with van der Waals surface area (Å²) in [6.07, 6.45) is 1.88. The van der Waals surface area contributed by atoms with Crippen LogP contribution in [0.5, 0.6) is 17.2 Å². The molecule has 0 spiro atoms. The Bertz CT molecular complexity index is 3000. The second-order valence-electron chi connectivity index (χ2n) is 15.7. The summed E-state index contributed by atoms with van der Waals surface area (Å²) in [6, 6.07) is 22.0. The number of benzene rings is 4. The number of imide groups is 1. The SMILES string of the molecule is COc1cc2nc(CCn3c(=O)n4n(c3=O)C3CC5C(=O)N(c6cccc(Cl)c6)C(=O)C5(c5ccccc5)C(c5cc(C)c(O)c(C)c5)C3=CC4)c(=O)n(C)c2cc1OC. The molecule has 1 N–H and O–H groups in total. The van der Waals surface area contributed by atoms with Crippen molar-refractivity contribution in [3.05, 3.63) is 155 Å². The van der Waals surface area contributed by atoms with E-state index in [0.717, 1.165) is 4.57 Å². The van der Waals surface area contributed by atoms with Crippen molar-refractivity contribution in [1.82, 2.24) is 23.5 Å². The molecule has 1 saturated carbocycles. The lowest BCUT2D eigenvalue weighted by Crippen LogP contribution is -2.53. The number of hydrogen-bond acceptors (Lipinski definition) is 9. The van der Waals surface area contributed by atoms with Crippen molar-refractivity contribution in [3.63, 3.8) is 0 Å². The molecule has 60 heavy (non-hydrogen) atoms. The van der Waals surface area contributed by atoms with Gasteiger partial charge in [-0.3, -0.25) is 14.4 Å². The van der Waals surface area contributed by atoms with E-state index in [-0.39, 0.29) is 37.4 Å². The van der Waals surface area contributed by atoms with Crippen LogP contribution in [-0.2, 0) is 41.6 Å². The van der Waals surface area contributed by atoms with Crippen molar-refractivity contribution in [2.24, 2.45) is 13.0 Å². The standard InChI is InChI=1S/C45H41ClN6O8/c1-24-18-26(19-25(2)39(24)53)38-30-14-17-50-43(57)49(16-15-32-41(55)48(3)35-23-37(60-5)36(59-4)22-33(35)47-32)44(58)52(50)34(30)21-31-40(54)51(29-13-9-12-28(46)20-29)42(56)45(31,38)27-10-7-6-8-11-27/h6-14,18-20,22-23,31,34,38,53H,15-17,21H2,1-5H3. The van der Waals surface area contributed by atoms with Gasteiger partial charge in [0.05, 0.1) is 54.9 Å². The van der Waals surface area contributed by atoms with Crippen LogP contribution < -0.4 is 31.3 Å². The van der Waals surface area contributed by atoms with E-state index < -0.39 is 52.0 Å². The molecule has 1 aliphatic carbocycles. The Hall–Kier alpha value is -6.67. The molecular formula is C45H41ClN6O8. The molecule has 3 aliphatic rings. The highest BCUT2D eigenvalue weighted by atomic mass is 35.5. The van der Waals surface area contributed by atoms with E-state index in [9.17, 15) is 19.5 Å². The second-order valence-corrected chi connectivity index (χ2v) is 16.1. The van der Waals surface area contributed by atoms with Crippen LogP contribution in [0.4, 0.5) is 5.69 Å². The third-order valence-corrected chi connectivity index (χ3v) is 12.8. The Morgan fingerprint density at radius 3 is 2.27 bits per heavy atom. The van der Waals surface area contributed by atoms with Crippen LogP contribution >= 0.6 is 11.6 Å². The van der Waals surface area contributed by atoms with Gasteiger partial charge in [0.1, 0.15) is 11.4 Å². The summed E-state index contributed by atoms with van der Waals surface area (Å²) >= 11 is 6.43. The van der Waals surface area contributed by atoms with Crippen molar-refractivity contribution in [3.8, 4) is 17.2 Å². The average Bonchev–Trinajstić information content (AvgIpc) is 3.63. The number of allylic oxidation sites excluding steroid dienone is 2. The maximum Gasteiger partial charge on any atom is 0.347 e. The molecule has 4 unspecified atom stereocenters. The summed E-state index contributed by atoms with van der Waals surface area (Å²) in [4.78, 5) is 78.8. The van der Waals surface area contributed by atoms with Gasteiger partial charge in [-0.2, -0.15) is 0 Å².